The van der Waals surface area contributed by atoms with E-state index < -0.39 is 0 Å². The number of carbonyl (C=O) groups excluding carboxylic acids is 1. The fourth-order valence-electron chi connectivity index (χ4n) is 3.34. The van der Waals surface area contributed by atoms with Gasteiger partial charge in [-0.2, -0.15) is 0 Å². The van der Waals surface area contributed by atoms with Gasteiger partial charge in [-0.05, 0) is 36.8 Å². The maximum atomic E-state index is 12.6. The van der Waals surface area contributed by atoms with Gasteiger partial charge >= 0.3 is 0 Å². The summed E-state index contributed by atoms with van der Waals surface area (Å²) >= 11 is 0. The zero-order chi connectivity index (χ0) is 19.0. The van der Waals surface area contributed by atoms with E-state index in [0.29, 0.717) is 24.2 Å². The SMILES string of the molecule is CCc1nnc2c(C(=O)NCCc3nc4ccc(C)cc4n3C)cccn12. The van der Waals surface area contributed by atoms with Crippen LogP contribution in [0.2, 0.25) is 0 Å². The van der Waals surface area contributed by atoms with E-state index in [-0.39, 0.29) is 5.91 Å². The number of aryl methyl sites for hydroxylation is 3. The first-order valence-corrected chi connectivity index (χ1v) is 9.11. The summed E-state index contributed by atoms with van der Waals surface area (Å²) in [5.74, 6) is 1.64. The Kier molecular flexibility index (Phi) is 4.35. The normalized spacial score (nSPS) is 11.4. The van der Waals surface area contributed by atoms with Crippen LogP contribution in [0.1, 0.15) is 34.5 Å². The van der Waals surface area contributed by atoms with Gasteiger partial charge < -0.3 is 9.88 Å². The molecule has 7 nitrogen and oxygen atoms in total. The van der Waals surface area contributed by atoms with Crippen LogP contribution < -0.4 is 5.32 Å². The van der Waals surface area contributed by atoms with Crippen molar-refractivity contribution in [1.82, 2.24) is 29.5 Å². The van der Waals surface area contributed by atoms with Gasteiger partial charge in [0.05, 0.1) is 16.6 Å². The van der Waals surface area contributed by atoms with Crippen LogP contribution in [0.4, 0.5) is 0 Å². The van der Waals surface area contributed by atoms with Gasteiger partial charge in [0, 0.05) is 32.6 Å². The number of imidazole rings is 1. The topological polar surface area (TPSA) is 77.1 Å². The lowest BCUT2D eigenvalue weighted by Crippen LogP contribution is -2.27. The molecule has 0 unspecified atom stereocenters. The summed E-state index contributed by atoms with van der Waals surface area (Å²) in [5.41, 5.74) is 4.41. The molecular weight excluding hydrogens is 340 g/mol. The molecule has 0 spiro atoms. The second kappa shape index (κ2) is 6.83. The Bertz CT molecular complexity index is 1140. The molecule has 0 aliphatic rings. The summed E-state index contributed by atoms with van der Waals surface area (Å²) in [6.07, 6.45) is 3.30. The fraction of sp³-hybridized carbons (Fsp3) is 0.300. The van der Waals surface area contributed by atoms with E-state index in [2.05, 4.69) is 44.1 Å². The van der Waals surface area contributed by atoms with Crippen molar-refractivity contribution < 1.29 is 4.79 Å². The molecule has 3 heterocycles. The summed E-state index contributed by atoms with van der Waals surface area (Å²) in [6, 6.07) is 9.84. The highest BCUT2D eigenvalue weighted by Crippen LogP contribution is 2.17. The van der Waals surface area contributed by atoms with Crippen molar-refractivity contribution in [3.05, 3.63) is 59.3 Å². The first kappa shape index (κ1) is 17.2. The van der Waals surface area contributed by atoms with Crippen LogP contribution in [0.5, 0.6) is 0 Å². The van der Waals surface area contributed by atoms with Gasteiger partial charge in [0.2, 0.25) is 0 Å². The van der Waals surface area contributed by atoms with Crippen molar-refractivity contribution in [3.8, 4) is 0 Å². The molecule has 1 aromatic carbocycles. The van der Waals surface area contributed by atoms with E-state index in [9.17, 15) is 4.79 Å². The van der Waals surface area contributed by atoms with Crippen LogP contribution in [0.3, 0.4) is 0 Å². The van der Waals surface area contributed by atoms with Crippen molar-refractivity contribution in [2.45, 2.75) is 26.7 Å². The zero-order valence-corrected chi connectivity index (χ0v) is 15.7. The largest absolute Gasteiger partial charge is 0.351 e. The Morgan fingerprint density at radius 1 is 1.19 bits per heavy atom. The molecule has 7 heteroatoms. The second-order valence-corrected chi connectivity index (χ2v) is 6.67. The van der Waals surface area contributed by atoms with Crippen molar-refractivity contribution in [2.75, 3.05) is 6.54 Å². The van der Waals surface area contributed by atoms with E-state index >= 15 is 0 Å². The molecule has 27 heavy (non-hydrogen) atoms. The summed E-state index contributed by atoms with van der Waals surface area (Å²) in [4.78, 5) is 17.3. The molecule has 0 aliphatic carbocycles. The lowest BCUT2D eigenvalue weighted by atomic mass is 10.2. The summed E-state index contributed by atoms with van der Waals surface area (Å²) < 4.78 is 3.95. The van der Waals surface area contributed by atoms with Crippen molar-refractivity contribution in [3.63, 3.8) is 0 Å². The number of aromatic nitrogens is 5. The first-order chi connectivity index (χ1) is 13.1. The summed E-state index contributed by atoms with van der Waals surface area (Å²) in [6.45, 7) is 4.59. The van der Waals surface area contributed by atoms with Crippen LogP contribution in [0.25, 0.3) is 16.7 Å². The lowest BCUT2D eigenvalue weighted by molar-refractivity contribution is 0.0955. The lowest BCUT2D eigenvalue weighted by Gasteiger charge is -2.07. The van der Waals surface area contributed by atoms with E-state index in [0.717, 1.165) is 29.1 Å². The molecule has 0 fully saturated rings. The molecule has 3 aromatic heterocycles. The Morgan fingerprint density at radius 2 is 2.04 bits per heavy atom. The number of fused-ring (bicyclic) bond motifs is 2. The summed E-state index contributed by atoms with van der Waals surface area (Å²) in [5, 5.41) is 11.3. The predicted molar refractivity (Wildman–Crippen MR) is 104 cm³/mol. The average Bonchev–Trinajstić information content (AvgIpc) is 3.23. The molecule has 1 N–H and O–H groups in total. The molecule has 1 amide bonds. The Labute approximate surface area is 157 Å². The smallest absolute Gasteiger partial charge is 0.255 e. The minimum atomic E-state index is -0.148. The third kappa shape index (κ3) is 3.05. The first-order valence-electron chi connectivity index (χ1n) is 9.11. The van der Waals surface area contributed by atoms with Gasteiger partial charge in [0.25, 0.3) is 5.91 Å². The maximum Gasteiger partial charge on any atom is 0.255 e. The van der Waals surface area contributed by atoms with Crippen molar-refractivity contribution in [2.24, 2.45) is 7.05 Å². The number of hydrogen-bond donors (Lipinski definition) is 1. The van der Waals surface area contributed by atoms with Crippen LogP contribution in [-0.2, 0) is 19.9 Å². The second-order valence-electron chi connectivity index (χ2n) is 6.67. The van der Waals surface area contributed by atoms with Gasteiger partial charge in [0.15, 0.2) is 5.65 Å². The van der Waals surface area contributed by atoms with Crippen LogP contribution in [-0.4, -0.2) is 36.6 Å². The van der Waals surface area contributed by atoms with Crippen LogP contribution >= 0.6 is 0 Å². The number of rotatable bonds is 5. The fourth-order valence-corrected chi connectivity index (χ4v) is 3.34. The quantitative estimate of drug-likeness (QED) is 0.592. The molecule has 0 radical (unpaired) electrons. The molecule has 0 saturated heterocycles. The number of amides is 1. The summed E-state index contributed by atoms with van der Waals surface area (Å²) in [7, 11) is 2.01. The molecule has 0 atom stereocenters. The van der Waals surface area contributed by atoms with Gasteiger partial charge in [-0.3, -0.25) is 9.20 Å². The molecule has 4 rings (SSSR count). The predicted octanol–water partition coefficient (Wildman–Crippen LogP) is 2.46. The van der Waals surface area contributed by atoms with E-state index in [1.165, 1.54) is 5.56 Å². The third-order valence-corrected chi connectivity index (χ3v) is 4.83. The molecule has 0 bridgehead atoms. The third-order valence-electron chi connectivity index (χ3n) is 4.83. The van der Waals surface area contributed by atoms with Gasteiger partial charge in [-0.25, -0.2) is 4.98 Å². The van der Waals surface area contributed by atoms with E-state index in [1.54, 1.807) is 6.07 Å². The van der Waals surface area contributed by atoms with Crippen LogP contribution in [0.15, 0.2) is 36.5 Å². The zero-order valence-electron chi connectivity index (χ0n) is 15.7. The molecular formula is C20H22N6O. The number of benzene rings is 1. The van der Waals surface area contributed by atoms with E-state index in [4.69, 9.17) is 0 Å². The van der Waals surface area contributed by atoms with E-state index in [1.807, 2.05) is 36.7 Å². The molecule has 0 aliphatic heterocycles. The minimum Gasteiger partial charge on any atom is -0.351 e. The average molecular weight is 362 g/mol. The standard InChI is InChI=1S/C20H22N6O/c1-4-17-23-24-19-14(6-5-11-26(17)19)20(27)21-10-9-18-22-15-8-7-13(2)12-16(15)25(18)3/h5-8,11-12H,4,9-10H2,1-3H3,(H,21,27). The molecule has 4 aromatic rings. The molecule has 0 saturated carbocycles. The highest BCUT2D eigenvalue weighted by atomic mass is 16.1. The maximum absolute atomic E-state index is 12.6. The van der Waals surface area contributed by atoms with Gasteiger partial charge in [-0.15, -0.1) is 10.2 Å². The number of nitrogens with zero attached hydrogens (tertiary/aromatic N) is 5. The highest BCUT2D eigenvalue weighted by molar-refractivity contribution is 5.99. The van der Waals surface area contributed by atoms with Crippen LogP contribution in [0, 0.1) is 6.92 Å². The molecule has 138 valence electrons. The highest BCUT2D eigenvalue weighted by Gasteiger charge is 2.14. The van der Waals surface area contributed by atoms with Crippen molar-refractivity contribution >= 4 is 22.6 Å². The Morgan fingerprint density at radius 3 is 2.85 bits per heavy atom. The van der Waals surface area contributed by atoms with Gasteiger partial charge in [-0.1, -0.05) is 13.0 Å². The van der Waals surface area contributed by atoms with Gasteiger partial charge in [0.1, 0.15) is 11.6 Å². The number of nitrogens with one attached hydrogen (secondary N) is 1. The monoisotopic (exact) mass is 362 g/mol. The number of carbonyl (C=O) groups is 1. The Balaban J connectivity index is 1.49. The Hall–Kier alpha value is -3.22. The number of pyridine rings is 1. The van der Waals surface area contributed by atoms with Crippen molar-refractivity contribution in [1.29, 1.82) is 0 Å². The minimum absolute atomic E-state index is 0.148. The number of hydrogen-bond acceptors (Lipinski definition) is 4.